The highest BCUT2D eigenvalue weighted by Gasteiger charge is 2.25. The first-order valence-electron chi connectivity index (χ1n) is 11.9. The minimum atomic E-state index is 0.817. The van der Waals surface area contributed by atoms with Gasteiger partial charge in [-0.2, -0.15) is 0 Å². The third kappa shape index (κ3) is 5.56. The standard InChI is InChI=1S/C27H36N2/c1-2-3-7-21-10-12-22(13-11-21)18-27-28-19-26(20-29-27)25-16-14-24(15-17-25)23-8-5-4-6-9-23/h10-13,16,19-20,23-24H,2-9,14-15,17-18H2,1H3. The molecule has 2 aliphatic carbocycles. The Bertz CT molecular complexity index is 782. The molecule has 29 heavy (non-hydrogen) atoms. The van der Waals surface area contributed by atoms with Crippen molar-refractivity contribution in [2.45, 2.75) is 84.0 Å². The van der Waals surface area contributed by atoms with Crippen LogP contribution in [-0.2, 0) is 12.8 Å². The van der Waals surface area contributed by atoms with Crippen molar-refractivity contribution in [1.29, 1.82) is 0 Å². The Labute approximate surface area is 176 Å². The van der Waals surface area contributed by atoms with Gasteiger partial charge in [0.2, 0.25) is 0 Å². The molecule has 1 fully saturated rings. The van der Waals surface area contributed by atoms with Crippen LogP contribution in [0.1, 0.15) is 93.6 Å². The number of unbranched alkanes of at least 4 members (excludes halogenated alkanes) is 1. The van der Waals surface area contributed by atoms with E-state index >= 15 is 0 Å². The van der Waals surface area contributed by atoms with Crippen LogP contribution in [0.25, 0.3) is 5.57 Å². The smallest absolute Gasteiger partial charge is 0.132 e. The summed E-state index contributed by atoms with van der Waals surface area (Å²) in [5, 5.41) is 0. The van der Waals surface area contributed by atoms with Gasteiger partial charge in [0.05, 0.1) is 0 Å². The summed E-state index contributed by atoms with van der Waals surface area (Å²) in [6, 6.07) is 8.98. The molecule has 0 saturated heterocycles. The molecule has 0 amide bonds. The second-order valence-electron chi connectivity index (χ2n) is 9.15. The van der Waals surface area contributed by atoms with Gasteiger partial charge in [0.1, 0.15) is 5.82 Å². The molecule has 4 rings (SSSR count). The monoisotopic (exact) mass is 388 g/mol. The fourth-order valence-corrected chi connectivity index (χ4v) is 5.15. The quantitative estimate of drug-likeness (QED) is 0.502. The van der Waals surface area contributed by atoms with E-state index in [-0.39, 0.29) is 0 Å². The van der Waals surface area contributed by atoms with Crippen LogP contribution in [-0.4, -0.2) is 9.97 Å². The summed E-state index contributed by atoms with van der Waals surface area (Å²) in [7, 11) is 0. The van der Waals surface area contributed by atoms with Gasteiger partial charge in [-0.3, -0.25) is 0 Å². The van der Waals surface area contributed by atoms with E-state index in [1.54, 1.807) is 0 Å². The normalized spacial score (nSPS) is 20.4. The number of aromatic nitrogens is 2. The van der Waals surface area contributed by atoms with Gasteiger partial charge < -0.3 is 0 Å². The van der Waals surface area contributed by atoms with Gasteiger partial charge >= 0.3 is 0 Å². The van der Waals surface area contributed by atoms with Crippen molar-refractivity contribution in [3.05, 3.63) is 65.2 Å². The molecule has 0 spiro atoms. The first-order valence-corrected chi connectivity index (χ1v) is 11.9. The molecule has 2 heteroatoms. The van der Waals surface area contributed by atoms with Crippen molar-refractivity contribution < 1.29 is 0 Å². The fraction of sp³-hybridized carbons (Fsp3) is 0.556. The Morgan fingerprint density at radius 2 is 1.59 bits per heavy atom. The Morgan fingerprint density at radius 1 is 0.862 bits per heavy atom. The van der Waals surface area contributed by atoms with Crippen molar-refractivity contribution in [1.82, 2.24) is 9.97 Å². The second-order valence-corrected chi connectivity index (χ2v) is 9.15. The largest absolute Gasteiger partial charge is 0.240 e. The zero-order valence-corrected chi connectivity index (χ0v) is 18.1. The molecule has 154 valence electrons. The lowest BCUT2D eigenvalue weighted by atomic mass is 9.73. The molecular formula is C27H36N2. The third-order valence-electron chi connectivity index (χ3n) is 7.05. The maximum Gasteiger partial charge on any atom is 0.132 e. The zero-order valence-electron chi connectivity index (χ0n) is 18.1. The van der Waals surface area contributed by atoms with Crippen LogP contribution < -0.4 is 0 Å². The molecule has 1 heterocycles. The van der Waals surface area contributed by atoms with E-state index in [1.165, 1.54) is 92.9 Å². The van der Waals surface area contributed by atoms with Crippen LogP contribution in [0, 0.1) is 11.8 Å². The highest BCUT2D eigenvalue weighted by atomic mass is 14.9. The SMILES string of the molecule is CCCCc1ccc(Cc2ncc(C3=CCC(C4CCCCC4)CC3)cn2)cc1. The Kier molecular flexibility index (Phi) is 7.14. The van der Waals surface area contributed by atoms with Gasteiger partial charge in [-0.15, -0.1) is 0 Å². The minimum absolute atomic E-state index is 0.817. The van der Waals surface area contributed by atoms with E-state index in [1.807, 2.05) is 12.4 Å². The lowest BCUT2D eigenvalue weighted by molar-refractivity contribution is 0.235. The van der Waals surface area contributed by atoms with Crippen LogP contribution >= 0.6 is 0 Å². The van der Waals surface area contributed by atoms with E-state index in [2.05, 4.69) is 47.2 Å². The maximum absolute atomic E-state index is 4.68. The number of aryl methyl sites for hydroxylation is 1. The van der Waals surface area contributed by atoms with Gasteiger partial charge in [-0.1, -0.05) is 75.8 Å². The van der Waals surface area contributed by atoms with E-state index in [4.69, 9.17) is 0 Å². The van der Waals surface area contributed by atoms with Crippen molar-refractivity contribution >= 4 is 5.57 Å². The van der Waals surface area contributed by atoms with Crippen molar-refractivity contribution in [3.8, 4) is 0 Å². The average Bonchev–Trinajstić information content (AvgIpc) is 2.80. The first-order chi connectivity index (χ1) is 14.3. The molecule has 0 N–H and O–H groups in total. The van der Waals surface area contributed by atoms with E-state index in [9.17, 15) is 0 Å². The van der Waals surface area contributed by atoms with Crippen LogP contribution in [0.4, 0.5) is 0 Å². The lowest BCUT2D eigenvalue weighted by Gasteiger charge is -2.32. The van der Waals surface area contributed by atoms with Crippen molar-refractivity contribution in [2.24, 2.45) is 11.8 Å². The molecule has 1 aromatic heterocycles. The summed E-state index contributed by atoms with van der Waals surface area (Å²) in [5.41, 5.74) is 5.42. The molecule has 2 aromatic rings. The Hall–Kier alpha value is -1.96. The molecule has 0 radical (unpaired) electrons. The summed E-state index contributed by atoms with van der Waals surface area (Å²) >= 11 is 0. The first kappa shape index (κ1) is 20.3. The van der Waals surface area contributed by atoms with E-state index in [0.29, 0.717) is 0 Å². The highest BCUT2D eigenvalue weighted by Crippen LogP contribution is 2.39. The highest BCUT2D eigenvalue weighted by molar-refractivity contribution is 5.64. The topological polar surface area (TPSA) is 25.8 Å². The predicted octanol–water partition coefficient (Wildman–Crippen LogP) is 7.17. The summed E-state index contributed by atoms with van der Waals surface area (Å²) in [6.45, 7) is 2.24. The number of benzene rings is 1. The number of rotatable bonds is 7. The average molecular weight is 389 g/mol. The van der Waals surface area contributed by atoms with Gasteiger partial charge in [0, 0.05) is 24.4 Å². The van der Waals surface area contributed by atoms with Crippen LogP contribution in [0.3, 0.4) is 0 Å². The number of allylic oxidation sites excluding steroid dienone is 2. The lowest BCUT2D eigenvalue weighted by Crippen LogP contribution is -2.19. The summed E-state index contributed by atoms with van der Waals surface area (Å²) in [6.07, 6.45) is 22.2. The summed E-state index contributed by atoms with van der Waals surface area (Å²) in [5.74, 6) is 2.82. The van der Waals surface area contributed by atoms with Gasteiger partial charge in [-0.05, 0) is 60.6 Å². The zero-order chi connectivity index (χ0) is 19.9. The van der Waals surface area contributed by atoms with Crippen LogP contribution in [0.5, 0.6) is 0 Å². The van der Waals surface area contributed by atoms with E-state index < -0.39 is 0 Å². The third-order valence-corrected chi connectivity index (χ3v) is 7.05. The summed E-state index contributed by atoms with van der Waals surface area (Å²) in [4.78, 5) is 9.36. The summed E-state index contributed by atoms with van der Waals surface area (Å²) < 4.78 is 0. The fourth-order valence-electron chi connectivity index (χ4n) is 5.15. The van der Waals surface area contributed by atoms with Gasteiger partial charge in [0.25, 0.3) is 0 Å². The number of hydrogen-bond acceptors (Lipinski definition) is 2. The predicted molar refractivity (Wildman–Crippen MR) is 122 cm³/mol. The van der Waals surface area contributed by atoms with Crippen LogP contribution in [0.2, 0.25) is 0 Å². The van der Waals surface area contributed by atoms with Crippen molar-refractivity contribution in [3.63, 3.8) is 0 Å². The Morgan fingerprint density at radius 3 is 2.24 bits per heavy atom. The second kappa shape index (κ2) is 10.2. The Balaban J connectivity index is 1.32. The molecule has 2 nitrogen and oxygen atoms in total. The molecule has 1 saturated carbocycles. The molecule has 1 atom stereocenters. The number of hydrogen-bond donors (Lipinski definition) is 0. The van der Waals surface area contributed by atoms with Gasteiger partial charge in [-0.25, -0.2) is 9.97 Å². The molecule has 0 aliphatic heterocycles. The van der Waals surface area contributed by atoms with Crippen LogP contribution in [0.15, 0.2) is 42.7 Å². The molecule has 0 bridgehead atoms. The maximum atomic E-state index is 4.68. The molecule has 1 unspecified atom stereocenters. The molecule has 1 aromatic carbocycles. The minimum Gasteiger partial charge on any atom is -0.240 e. The number of nitrogens with zero attached hydrogens (tertiary/aromatic N) is 2. The van der Waals surface area contributed by atoms with Gasteiger partial charge in [0.15, 0.2) is 0 Å². The van der Waals surface area contributed by atoms with Crippen molar-refractivity contribution in [2.75, 3.05) is 0 Å². The molecular weight excluding hydrogens is 352 g/mol. The van der Waals surface area contributed by atoms with E-state index in [0.717, 1.165) is 24.1 Å². The molecule has 2 aliphatic rings.